The molecule has 0 aliphatic carbocycles. The number of anilines is 1. The van der Waals surface area contributed by atoms with Crippen molar-refractivity contribution in [2.45, 2.75) is 53.1 Å². The first-order valence-electron chi connectivity index (χ1n) is 8.31. The van der Waals surface area contributed by atoms with Crippen molar-refractivity contribution in [1.82, 2.24) is 5.32 Å². The second-order valence-electron chi connectivity index (χ2n) is 6.41. The number of carbonyl (C=O) groups is 2. The third-order valence-corrected chi connectivity index (χ3v) is 3.85. The highest BCUT2D eigenvalue weighted by molar-refractivity contribution is 5.92. The number of amides is 1. The van der Waals surface area contributed by atoms with Crippen LogP contribution in [0, 0.1) is 5.92 Å². The van der Waals surface area contributed by atoms with Crippen molar-refractivity contribution in [2.24, 2.45) is 5.92 Å². The highest BCUT2D eigenvalue weighted by Gasteiger charge is 2.32. The van der Waals surface area contributed by atoms with Crippen LogP contribution in [0.25, 0.3) is 0 Å². The van der Waals surface area contributed by atoms with Crippen LogP contribution in [0.5, 0.6) is 0 Å². The molecule has 0 saturated heterocycles. The molecule has 0 spiro atoms. The molecular weight excluding hydrogens is 349 g/mol. The molecule has 0 bridgehead atoms. The number of nitrogens with zero attached hydrogens (tertiary/aromatic N) is 1. The molecule has 1 rings (SSSR count). The van der Waals surface area contributed by atoms with Gasteiger partial charge in [-0.05, 0) is 31.0 Å². The summed E-state index contributed by atoms with van der Waals surface area (Å²) in [6.07, 6.45) is -5.07. The van der Waals surface area contributed by atoms with Crippen LogP contribution in [-0.4, -0.2) is 30.7 Å². The van der Waals surface area contributed by atoms with Gasteiger partial charge in [0.25, 0.3) is 0 Å². The lowest BCUT2D eigenvalue weighted by Crippen LogP contribution is -2.50. The van der Waals surface area contributed by atoms with Crippen LogP contribution in [0.15, 0.2) is 24.3 Å². The molecule has 0 fully saturated rings. The highest BCUT2D eigenvalue weighted by Crippen LogP contribution is 2.32. The zero-order valence-electron chi connectivity index (χ0n) is 15.6. The average molecular weight is 374 g/mol. The summed E-state index contributed by atoms with van der Waals surface area (Å²) in [7, 11) is 0. The average Bonchev–Trinajstić information content (AvgIpc) is 2.49. The van der Waals surface area contributed by atoms with E-state index in [2.05, 4.69) is 5.32 Å². The second kappa shape index (κ2) is 9.02. The van der Waals surface area contributed by atoms with E-state index in [0.717, 1.165) is 12.1 Å². The number of hydrogen-bond donors (Lipinski definition) is 1. The molecule has 0 aromatic heterocycles. The van der Waals surface area contributed by atoms with Crippen LogP contribution in [-0.2, 0) is 20.5 Å². The van der Waals surface area contributed by atoms with Gasteiger partial charge in [-0.3, -0.25) is 14.9 Å². The summed E-state index contributed by atoms with van der Waals surface area (Å²) in [5, 5.41) is 2.99. The van der Waals surface area contributed by atoms with Crippen LogP contribution in [0.4, 0.5) is 18.9 Å². The van der Waals surface area contributed by atoms with Crippen molar-refractivity contribution in [3.63, 3.8) is 0 Å². The van der Waals surface area contributed by atoms with Gasteiger partial charge < -0.3 is 9.64 Å². The second-order valence-corrected chi connectivity index (χ2v) is 6.41. The third kappa shape index (κ3) is 6.33. The van der Waals surface area contributed by atoms with Gasteiger partial charge in [-0.25, -0.2) is 0 Å². The van der Waals surface area contributed by atoms with E-state index >= 15 is 0 Å². The minimum atomic E-state index is -4.49. The Kier molecular flexibility index (Phi) is 7.62. The standard InChI is InChI=1S/C18H25F3N2O3/c1-11(2)17(10-22-12(3)26-14(5)25)23(13(4)24)16-8-6-7-15(9-16)18(19,20)21/h6-9,11-12,17,22H,10H2,1-5H3. The summed E-state index contributed by atoms with van der Waals surface area (Å²) in [6, 6.07) is 4.26. The summed E-state index contributed by atoms with van der Waals surface area (Å²) >= 11 is 0. The molecule has 1 amide bonds. The van der Waals surface area contributed by atoms with E-state index in [-0.39, 0.29) is 24.1 Å². The molecular formula is C18H25F3N2O3. The van der Waals surface area contributed by atoms with Gasteiger partial charge in [-0.2, -0.15) is 13.2 Å². The van der Waals surface area contributed by atoms with Gasteiger partial charge in [-0.1, -0.05) is 19.9 Å². The molecule has 0 aliphatic heterocycles. The molecule has 0 aliphatic rings. The molecule has 1 aromatic carbocycles. The molecule has 0 saturated carbocycles. The lowest BCUT2D eigenvalue weighted by Gasteiger charge is -2.35. The quantitative estimate of drug-likeness (QED) is 0.585. The van der Waals surface area contributed by atoms with Crippen LogP contribution in [0.2, 0.25) is 0 Å². The Hall–Kier alpha value is -2.09. The summed E-state index contributed by atoms with van der Waals surface area (Å²) in [4.78, 5) is 24.5. The number of nitrogens with one attached hydrogen (secondary N) is 1. The van der Waals surface area contributed by atoms with E-state index in [9.17, 15) is 22.8 Å². The third-order valence-electron chi connectivity index (χ3n) is 3.85. The topological polar surface area (TPSA) is 58.6 Å². The van der Waals surface area contributed by atoms with E-state index in [1.54, 1.807) is 6.92 Å². The highest BCUT2D eigenvalue weighted by atomic mass is 19.4. The fraction of sp³-hybridized carbons (Fsp3) is 0.556. The number of hydrogen-bond acceptors (Lipinski definition) is 4. The summed E-state index contributed by atoms with van der Waals surface area (Å²) < 4.78 is 44.0. The van der Waals surface area contributed by atoms with Crippen molar-refractivity contribution in [3.05, 3.63) is 29.8 Å². The summed E-state index contributed by atoms with van der Waals surface area (Å²) in [5.41, 5.74) is -0.641. The van der Waals surface area contributed by atoms with Gasteiger partial charge in [-0.15, -0.1) is 0 Å². The maximum Gasteiger partial charge on any atom is 0.416 e. The largest absolute Gasteiger partial charge is 0.447 e. The van der Waals surface area contributed by atoms with E-state index in [1.807, 2.05) is 13.8 Å². The first kappa shape index (κ1) is 22.0. The number of carbonyl (C=O) groups excluding carboxylic acids is 2. The molecule has 146 valence electrons. The monoisotopic (exact) mass is 374 g/mol. The van der Waals surface area contributed by atoms with Crippen LogP contribution >= 0.6 is 0 Å². The van der Waals surface area contributed by atoms with E-state index in [1.165, 1.54) is 30.9 Å². The molecule has 1 N–H and O–H groups in total. The predicted octanol–water partition coefficient (Wildman–Crippen LogP) is 3.58. The first-order valence-corrected chi connectivity index (χ1v) is 8.31. The Bertz CT molecular complexity index is 632. The molecule has 0 radical (unpaired) electrons. The van der Waals surface area contributed by atoms with Gasteiger partial charge >= 0.3 is 12.1 Å². The van der Waals surface area contributed by atoms with Crippen molar-refractivity contribution in [3.8, 4) is 0 Å². The number of alkyl halides is 3. The Morgan fingerprint density at radius 1 is 1.19 bits per heavy atom. The fourth-order valence-electron chi connectivity index (χ4n) is 2.64. The molecule has 2 unspecified atom stereocenters. The molecule has 26 heavy (non-hydrogen) atoms. The lowest BCUT2D eigenvalue weighted by atomic mass is 10.0. The van der Waals surface area contributed by atoms with Crippen LogP contribution in [0.1, 0.15) is 40.2 Å². The van der Waals surface area contributed by atoms with Gasteiger partial charge in [0.15, 0.2) is 6.23 Å². The Labute approximate surface area is 151 Å². The Morgan fingerprint density at radius 3 is 2.27 bits per heavy atom. The Balaban J connectivity index is 3.11. The normalized spacial score (nSPS) is 14.0. The molecule has 1 aromatic rings. The summed E-state index contributed by atoms with van der Waals surface area (Å²) in [6.45, 7) is 8.22. The van der Waals surface area contributed by atoms with Gasteiger partial charge in [0.1, 0.15) is 0 Å². The number of esters is 1. The fourth-order valence-corrected chi connectivity index (χ4v) is 2.64. The number of benzene rings is 1. The molecule has 8 heteroatoms. The molecule has 5 nitrogen and oxygen atoms in total. The predicted molar refractivity (Wildman–Crippen MR) is 92.5 cm³/mol. The van der Waals surface area contributed by atoms with Gasteiger partial charge in [0.05, 0.1) is 11.6 Å². The van der Waals surface area contributed by atoms with E-state index in [0.29, 0.717) is 0 Å². The summed E-state index contributed by atoms with van der Waals surface area (Å²) in [5.74, 6) is -0.872. The van der Waals surface area contributed by atoms with Crippen LogP contribution < -0.4 is 10.2 Å². The minimum absolute atomic E-state index is 0.0505. The SMILES string of the molecule is CC(=O)OC(C)NCC(C(C)C)N(C(C)=O)c1cccc(C(F)(F)F)c1. The maximum atomic E-state index is 13.0. The van der Waals surface area contributed by atoms with Crippen molar-refractivity contribution in [1.29, 1.82) is 0 Å². The minimum Gasteiger partial charge on any atom is -0.447 e. The zero-order chi connectivity index (χ0) is 20.1. The maximum absolute atomic E-state index is 13.0. The zero-order valence-corrected chi connectivity index (χ0v) is 15.6. The lowest BCUT2D eigenvalue weighted by molar-refractivity contribution is -0.147. The first-order chi connectivity index (χ1) is 11.9. The van der Waals surface area contributed by atoms with Gasteiger partial charge in [0.2, 0.25) is 5.91 Å². The van der Waals surface area contributed by atoms with E-state index in [4.69, 9.17) is 4.74 Å². The van der Waals surface area contributed by atoms with Crippen molar-refractivity contribution < 1.29 is 27.5 Å². The smallest absolute Gasteiger partial charge is 0.416 e. The van der Waals surface area contributed by atoms with Gasteiger partial charge in [0, 0.05) is 26.1 Å². The Morgan fingerprint density at radius 2 is 1.81 bits per heavy atom. The van der Waals surface area contributed by atoms with Crippen LogP contribution in [0.3, 0.4) is 0 Å². The number of halogens is 3. The number of ether oxygens (including phenoxy) is 1. The number of rotatable bonds is 7. The van der Waals surface area contributed by atoms with Crippen molar-refractivity contribution >= 4 is 17.6 Å². The van der Waals surface area contributed by atoms with Crippen molar-refractivity contribution in [2.75, 3.05) is 11.4 Å². The van der Waals surface area contributed by atoms with E-state index < -0.39 is 30.0 Å². The molecule has 2 atom stereocenters. The molecule has 0 heterocycles.